The van der Waals surface area contributed by atoms with Crippen LogP contribution >= 0.6 is 0 Å². The molecule has 0 heterocycles. The molecule has 0 aliphatic heterocycles. The predicted octanol–water partition coefficient (Wildman–Crippen LogP) is 5.97. The predicted molar refractivity (Wildman–Crippen MR) is 115 cm³/mol. The second-order valence-electron chi connectivity index (χ2n) is 11.3. The number of carbonyl (C=O) groups excluding carboxylic acids is 2. The summed E-state index contributed by atoms with van der Waals surface area (Å²) in [5, 5.41) is 0. The Labute approximate surface area is 177 Å². The molecule has 4 aliphatic rings. The highest BCUT2D eigenvalue weighted by molar-refractivity contribution is 5.97. The Balaban J connectivity index is 1.60. The molecule has 4 aliphatic carbocycles. The Morgan fingerprint density at radius 3 is 2.69 bits per heavy atom. The van der Waals surface area contributed by atoms with E-state index in [-0.39, 0.29) is 16.8 Å². The van der Waals surface area contributed by atoms with Crippen molar-refractivity contribution in [3.05, 3.63) is 11.6 Å². The van der Waals surface area contributed by atoms with Crippen LogP contribution in [0.2, 0.25) is 0 Å². The van der Waals surface area contributed by atoms with Crippen LogP contribution in [0.15, 0.2) is 11.6 Å². The molecule has 8 atom stereocenters. The molecule has 0 N–H and O–H groups in total. The molecular formula is C26H40O3. The quantitative estimate of drug-likeness (QED) is 0.546. The number of hydrogen-bond donors (Lipinski definition) is 0. The van der Waals surface area contributed by atoms with Gasteiger partial charge >= 0.3 is 5.97 Å². The highest BCUT2D eigenvalue weighted by Gasteiger charge is 2.60. The van der Waals surface area contributed by atoms with Crippen LogP contribution in [0, 0.1) is 46.3 Å². The summed E-state index contributed by atoms with van der Waals surface area (Å²) in [6, 6.07) is 0. The number of carbonyl (C=O) groups is 2. The van der Waals surface area contributed by atoms with Crippen molar-refractivity contribution < 1.29 is 14.3 Å². The molecule has 162 valence electrons. The second kappa shape index (κ2) is 7.54. The van der Waals surface area contributed by atoms with Crippen molar-refractivity contribution in [2.45, 2.75) is 85.5 Å². The van der Waals surface area contributed by atoms with E-state index in [0.29, 0.717) is 35.9 Å². The number of rotatable bonds is 4. The van der Waals surface area contributed by atoms with Crippen LogP contribution < -0.4 is 0 Å². The lowest BCUT2D eigenvalue weighted by Gasteiger charge is -2.56. The van der Waals surface area contributed by atoms with Gasteiger partial charge in [0.15, 0.2) is 5.78 Å². The fourth-order valence-electron chi connectivity index (χ4n) is 8.12. The molecule has 29 heavy (non-hydrogen) atoms. The number of allylic oxidation sites excluding steroid dienone is 2. The summed E-state index contributed by atoms with van der Waals surface area (Å²) in [6.07, 6.45) is 12.2. The zero-order valence-corrected chi connectivity index (χ0v) is 19.1. The summed E-state index contributed by atoms with van der Waals surface area (Å²) in [5.74, 6) is 3.73. The first-order valence-corrected chi connectivity index (χ1v) is 12.0. The average Bonchev–Trinajstić information content (AvgIpc) is 3.06. The average molecular weight is 401 g/mol. The van der Waals surface area contributed by atoms with Crippen molar-refractivity contribution in [2.75, 3.05) is 7.11 Å². The molecule has 0 saturated heterocycles. The molecule has 3 nitrogen and oxygen atoms in total. The first kappa shape index (κ1) is 21.1. The van der Waals surface area contributed by atoms with Gasteiger partial charge < -0.3 is 4.74 Å². The molecule has 4 rings (SSSR count). The second-order valence-corrected chi connectivity index (χ2v) is 11.3. The fraction of sp³-hybridized carbons (Fsp3) is 0.846. The van der Waals surface area contributed by atoms with E-state index in [0.717, 1.165) is 24.7 Å². The fourth-order valence-corrected chi connectivity index (χ4v) is 8.12. The monoisotopic (exact) mass is 400 g/mol. The molecule has 0 aromatic heterocycles. The number of ether oxygens (including phenoxy) is 1. The van der Waals surface area contributed by atoms with E-state index in [2.05, 4.69) is 33.8 Å². The summed E-state index contributed by atoms with van der Waals surface area (Å²) < 4.78 is 4.84. The van der Waals surface area contributed by atoms with E-state index in [1.165, 1.54) is 51.2 Å². The number of fused-ring (bicyclic) bond motifs is 5. The van der Waals surface area contributed by atoms with E-state index >= 15 is 0 Å². The van der Waals surface area contributed by atoms with Gasteiger partial charge in [0, 0.05) is 11.8 Å². The number of methoxy groups -OCH3 is 1. The Kier molecular flexibility index (Phi) is 5.49. The minimum atomic E-state index is -0.241. The van der Waals surface area contributed by atoms with E-state index in [4.69, 9.17) is 4.74 Å². The van der Waals surface area contributed by atoms with Crippen LogP contribution in [-0.4, -0.2) is 18.9 Å². The molecule has 3 heteroatoms. The van der Waals surface area contributed by atoms with Crippen molar-refractivity contribution in [2.24, 2.45) is 46.3 Å². The van der Waals surface area contributed by atoms with Crippen LogP contribution in [0.1, 0.15) is 85.5 Å². The normalized spacial score (nSPS) is 44.9. The molecule has 0 spiro atoms. The van der Waals surface area contributed by atoms with Crippen molar-refractivity contribution >= 4 is 11.8 Å². The largest absolute Gasteiger partial charge is 0.469 e. The number of ketones is 1. The number of hydrogen-bond acceptors (Lipinski definition) is 3. The Morgan fingerprint density at radius 1 is 1.21 bits per heavy atom. The summed E-state index contributed by atoms with van der Waals surface area (Å²) in [6.45, 7) is 9.38. The highest BCUT2D eigenvalue weighted by Crippen LogP contribution is 2.65. The van der Waals surface area contributed by atoms with E-state index in [9.17, 15) is 9.59 Å². The Morgan fingerprint density at radius 2 is 1.97 bits per heavy atom. The maximum atomic E-state index is 13.7. The third kappa shape index (κ3) is 3.22. The van der Waals surface area contributed by atoms with Gasteiger partial charge in [-0.3, -0.25) is 9.59 Å². The minimum absolute atomic E-state index is 0.133. The molecule has 3 fully saturated rings. The molecule has 3 saturated carbocycles. The van der Waals surface area contributed by atoms with Gasteiger partial charge in [-0.05, 0) is 98.4 Å². The first-order valence-electron chi connectivity index (χ1n) is 12.0. The summed E-state index contributed by atoms with van der Waals surface area (Å²) in [5.41, 5.74) is 1.53. The van der Waals surface area contributed by atoms with Crippen molar-refractivity contribution in [3.63, 3.8) is 0 Å². The Bertz CT molecular complexity index is 709. The van der Waals surface area contributed by atoms with Crippen LogP contribution in [-0.2, 0) is 14.3 Å². The molecule has 0 aromatic rings. The summed E-state index contributed by atoms with van der Waals surface area (Å²) in [4.78, 5) is 25.3. The van der Waals surface area contributed by atoms with E-state index < -0.39 is 0 Å². The third-order valence-electron chi connectivity index (χ3n) is 9.98. The summed E-state index contributed by atoms with van der Waals surface area (Å²) in [7, 11) is 1.46. The maximum absolute atomic E-state index is 13.7. The topological polar surface area (TPSA) is 43.4 Å². The summed E-state index contributed by atoms with van der Waals surface area (Å²) >= 11 is 0. The van der Waals surface area contributed by atoms with E-state index in [1.54, 1.807) is 0 Å². The first-order chi connectivity index (χ1) is 13.7. The zero-order valence-electron chi connectivity index (χ0n) is 19.1. The molecule has 0 aromatic carbocycles. The van der Waals surface area contributed by atoms with Crippen LogP contribution in [0.4, 0.5) is 0 Å². The molecule has 0 bridgehead atoms. The minimum Gasteiger partial charge on any atom is -0.469 e. The lowest BCUT2D eigenvalue weighted by Crippen LogP contribution is -2.51. The third-order valence-corrected chi connectivity index (χ3v) is 9.98. The van der Waals surface area contributed by atoms with Crippen LogP contribution in [0.25, 0.3) is 0 Å². The molecule has 1 unspecified atom stereocenters. The van der Waals surface area contributed by atoms with Crippen molar-refractivity contribution in [3.8, 4) is 0 Å². The standard InChI is InChI=1S/C26H40O3/c1-16-12-13-25(3)18(14-16)7-8-19-21-10-9-20(17(2)6-11-24(28)29-5)26(21,4)23(27)15-22(19)25/h15-21H,6-14H2,1-5H3/t16-,17-,18-,19+,20?,21+,25+,26-/m1/s1. The van der Waals surface area contributed by atoms with Gasteiger partial charge in [-0.25, -0.2) is 0 Å². The van der Waals surface area contributed by atoms with Crippen LogP contribution in [0.5, 0.6) is 0 Å². The van der Waals surface area contributed by atoms with Gasteiger partial charge in [0.1, 0.15) is 0 Å². The van der Waals surface area contributed by atoms with Gasteiger partial charge in [0.25, 0.3) is 0 Å². The Hall–Kier alpha value is -1.12. The van der Waals surface area contributed by atoms with Crippen LogP contribution in [0.3, 0.4) is 0 Å². The van der Waals surface area contributed by atoms with Gasteiger partial charge in [0.2, 0.25) is 0 Å². The zero-order chi connectivity index (χ0) is 21.0. The number of esters is 1. The molecule has 0 radical (unpaired) electrons. The SMILES string of the molecule is COC(=O)CC[C@@H](C)C1CC[C@H]2[C@@H]3CC[C@@H]4C[C@H](C)CC[C@]4(C)C3=CC(=O)[C@]12C. The highest BCUT2D eigenvalue weighted by atomic mass is 16.5. The lowest BCUT2D eigenvalue weighted by atomic mass is 9.47. The van der Waals surface area contributed by atoms with Crippen molar-refractivity contribution in [1.29, 1.82) is 0 Å². The van der Waals surface area contributed by atoms with Crippen molar-refractivity contribution in [1.82, 2.24) is 0 Å². The van der Waals surface area contributed by atoms with Gasteiger partial charge in [0.05, 0.1) is 7.11 Å². The van der Waals surface area contributed by atoms with Gasteiger partial charge in [-0.2, -0.15) is 0 Å². The maximum Gasteiger partial charge on any atom is 0.305 e. The molecule has 0 amide bonds. The van der Waals surface area contributed by atoms with Gasteiger partial charge in [-0.15, -0.1) is 0 Å². The van der Waals surface area contributed by atoms with E-state index in [1.807, 2.05) is 0 Å². The lowest BCUT2D eigenvalue weighted by molar-refractivity contribution is -0.141. The smallest absolute Gasteiger partial charge is 0.305 e. The van der Waals surface area contributed by atoms with Gasteiger partial charge in [-0.1, -0.05) is 33.3 Å². The molecular weight excluding hydrogens is 360 g/mol.